The summed E-state index contributed by atoms with van der Waals surface area (Å²) in [5, 5.41) is 4.42. The van der Waals surface area contributed by atoms with Gasteiger partial charge in [0.05, 0.1) is 6.10 Å². The fourth-order valence-corrected chi connectivity index (χ4v) is 2.87. The molecule has 0 aromatic heterocycles. The highest BCUT2D eigenvalue weighted by atomic mass is 35.5. The molecule has 1 aromatic carbocycles. The summed E-state index contributed by atoms with van der Waals surface area (Å²) in [7, 11) is 1.80. The predicted octanol–water partition coefficient (Wildman–Crippen LogP) is 4.31. The third-order valence-corrected chi connectivity index (χ3v) is 3.71. The number of benzene rings is 1. The minimum Gasteiger partial charge on any atom is -0.379 e. The monoisotopic (exact) mass is 297 g/mol. The SMILES string of the molecule is CCCNC(Cc1cccc(Cl)c1)C(OC)C(C)(C)C. The maximum absolute atomic E-state index is 6.08. The molecule has 0 aliphatic rings. The first-order valence-electron chi connectivity index (χ1n) is 7.39. The second kappa shape index (κ2) is 8.02. The Morgan fingerprint density at radius 3 is 2.50 bits per heavy atom. The Labute approximate surface area is 128 Å². The first kappa shape index (κ1) is 17.5. The minimum absolute atomic E-state index is 0.0960. The van der Waals surface area contributed by atoms with Crippen LogP contribution in [0.2, 0.25) is 5.02 Å². The Hall–Kier alpha value is -0.570. The second-order valence-corrected chi connectivity index (χ2v) is 6.85. The van der Waals surface area contributed by atoms with Crippen LogP contribution in [-0.4, -0.2) is 25.8 Å². The van der Waals surface area contributed by atoms with Gasteiger partial charge in [0.15, 0.2) is 0 Å². The lowest BCUT2D eigenvalue weighted by molar-refractivity contribution is -0.0109. The molecule has 20 heavy (non-hydrogen) atoms. The van der Waals surface area contributed by atoms with Crippen molar-refractivity contribution in [2.75, 3.05) is 13.7 Å². The Morgan fingerprint density at radius 1 is 1.30 bits per heavy atom. The molecule has 0 spiro atoms. The fraction of sp³-hybridized carbons (Fsp3) is 0.647. The topological polar surface area (TPSA) is 21.3 Å². The van der Waals surface area contributed by atoms with E-state index in [0.29, 0.717) is 6.04 Å². The largest absolute Gasteiger partial charge is 0.379 e. The van der Waals surface area contributed by atoms with Gasteiger partial charge in [-0.1, -0.05) is 51.4 Å². The van der Waals surface area contributed by atoms with Gasteiger partial charge in [0.25, 0.3) is 0 Å². The zero-order valence-electron chi connectivity index (χ0n) is 13.4. The van der Waals surface area contributed by atoms with E-state index < -0.39 is 0 Å². The normalized spacial score (nSPS) is 15.1. The molecule has 3 heteroatoms. The van der Waals surface area contributed by atoms with Crippen molar-refractivity contribution in [3.63, 3.8) is 0 Å². The van der Waals surface area contributed by atoms with Crippen LogP contribution in [0.5, 0.6) is 0 Å². The van der Waals surface area contributed by atoms with E-state index >= 15 is 0 Å². The first-order chi connectivity index (χ1) is 9.38. The van der Waals surface area contributed by atoms with Crippen molar-refractivity contribution in [1.29, 1.82) is 0 Å². The van der Waals surface area contributed by atoms with Gasteiger partial charge in [-0.3, -0.25) is 0 Å². The summed E-state index contributed by atoms with van der Waals surface area (Å²) < 4.78 is 5.78. The smallest absolute Gasteiger partial charge is 0.0775 e. The molecule has 0 saturated carbocycles. The van der Waals surface area contributed by atoms with Crippen molar-refractivity contribution in [3.05, 3.63) is 34.9 Å². The molecule has 2 unspecified atom stereocenters. The molecule has 1 rings (SSSR count). The Bertz CT molecular complexity index is 400. The van der Waals surface area contributed by atoms with Crippen LogP contribution in [0.3, 0.4) is 0 Å². The van der Waals surface area contributed by atoms with Crippen LogP contribution in [0.1, 0.15) is 39.7 Å². The van der Waals surface area contributed by atoms with Gasteiger partial charge in [-0.2, -0.15) is 0 Å². The average molecular weight is 298 g/mol. The highest BCUT2D eigenvalue weighted by Crippen LogP contribution is 2.26. The molecule has 0 heterocycles. The molecular formula is C17H28ClNO. The molecule has 2 nitrogen and oxygen atoms in total. The standard InChI is InChI=1S/C17H28ClNO/c1-6-10-19-15(16(20-5)17(2,3)4)12-13-8-7-9-14(18)11-13/h7-9,11,15-16,19H,6,10,12H2,1-5H3. The van der Waals surface area contributed by atoms with Crippen LogP contribution < -0.4 is 5.32 Å². The summed E-state index contributed by atoms with van der Waals surface area (Å²) in [6.45, 7) is 9.85. The highest BCUT2D eigenvalue weighted by molar-refractivity contribution is 6.30. The summed E-state index contributed by atoms with van der Waals surface area (Å²) in [5.74, 6) is 0. The summed E-state index contributed by atoms with van der Waals surface area (Å²) in [6, 6.07) is 8.38. The van der Waals surface area contributed by atoms with Crippen molar-refractivity contribution in [1.82, 2.24) is 5.32 Å². The summed E-state index contributed by atoms with van der Waals surface area (Å²) in [4.78, 5) is 0. The molecule has 114 valence electrons. The number of rotatable bonds is 7. The predicted molar refractivity (Wildman–Crippen MR) is 87.5 cm³/mol. The molecule has 0 radical (unpaired) electrons. The maximum Gasteiger partial charge on any atom is 0.0775 e. The first-order valence-corrected chi connectivity index (χ1v) is 7.77. The second-order valence-electron chi connectivity index (χ2n) is 6.42. The van der Waals surface area contributed by atoms with E-state index in [1.807, 2.05) is 18.2 Å². The molecule has 1 N–H and O–H groups in total. The van der Waals surface area contributed by atoms with E-state index in [-0.39, 0.29) is 11.5 Å². The molecule has 1 aromatic rings. The van der Waals surface area contributed by atoms with E-state index in [9.17, 15) is 0 Å². The van der Waals surface area contributed by atoms with Crippen molar-refractivity contribution >= 4 is 11.6 Å². The van der Waals surface area contributed by atoms with Crippen molar-refractivity contribution < 1.29 is 4.74 Å². The summed E-state index contributed by atoms with van der Waals surface area (Å²) in [6.07, 6.45) is 2.20. The highest BCUT2D eigenvalue weighted by Gasteiger charge is 2.32. The number of ether oxygens (including phenoxy) is 1. The summed E-state index contributed by atoms with van der Waals surface area (Å²) >= 11 is 6.08. The molecule has 0 bridgehead atoms. The number of nitrogens with one attached hydrogen (secondary N) is 1. The van der Waals surface area contributed by atoms with Crippen LogP contribution >= 0.6 is 11.6 Å². The van der Waals surface area contributed by atoms with Crippen molar-refractivity contribution in [2.45, 2.75) is 52.7 Å². The lowest BCUT2D eigenvalue weighted by atomic mass is 9.82. The van der Waals surface area contributed by atoms with Gasteiger partial charge in [-0.25, -0.2) is 0 Å². The Kier molecular flexibility index (Phi) is 7.01. The third kappa shape index (κ3) is 5.43. The van der Waals surface area contributed by atoms with E-state index in [1.54, 1.807) is 7.11 Å². The van der Waals surface area contributed by atoms with E-state index in [1.165, 1.54) is 5.56 Å². The van der Waals surface area contributed by atoms with Gasteiger partial charge >= 0.3 is 0 Å². The Morgan fingerprint density at radius 2 is 2.00 bits per heavy atom. The number of methoxy groups -OCH3 is 1. The minimum atomic E-state index is 0.0960. The molecule has 0 fully saturated rings. The molecule has 0 aliphatic heterocycles. The van der Waals surface area contributed by atoms with Crippen molar-refractivity contribution in [3.8, 4) is 0 Å². The van der Waals surface area contributed by atoms with Crippen molar-refractivity contribution in [2.24, 2.45) is 5.41 Å². The molecule has 0 amide bonds. The van der Waals surface area contributed by atoms with Gasteiger partial charge in [0.1, 0.15) is 0 Å². The number of hydrogen-bond acceptors (Lipinski definition) is 2. The zero-order chi connectivity index (χ0) is 15.2. The van der Waals surface area contributed by atoms with Crippen LogP contribution in [-0.2, 0) is 11.2 Å². The molecular weight excluding hydrogens is 270 g/mol. The van der Waals surface area contributed by atoms with E-state index in [0.717, 1.165) is 24.4 Å². The van der Waals surface area contributed by atoms with Crippen LogP contribution in [0.25, 0.3) is 0 Å². The van der Waals surface area contributed by atoms with Gasteiger partial charge in [-0.05, 0) is 42.5 Å². The Balaban J connectivity index is 2.88. The molecule has 0 saturated heterocycles. The number of hydrogen-bond donors (Lipinski definition) is 1. The van der Waals surface area contributed by atoms with Gasteiger partial charge in [-0.15, -0.1) is 0 Å². The average Bonchev–Trinajstić information content (AvgIpc) is 2.35. The van der Waals surface area contributed by atoms with E-state index in [2.05, 4.69) is 39.1 Å². The van der Waals surface area contributed by atoms with Gasteiger partial charge in [0, 0.05) is 18.2 Å². The van der Waals surface area contributed by atoms with Crippen LogP contribution in [0.4, 0.5) is 0 Å². The quantitative estimate of drug-likeness (QED) is 0.809. The van der Waals surface area contributed by atoms with Gasteiger partial charge < -0.3 is 10.1 Å². The third-order valence-electron chi connectivity index (χ3n) is 3.47. The molecule has 2 atom stereocenters. The van der Waals surface area contributed by atoms with E-state index in [4.69, 9.17) is 16.3 Å². The van der Waals surface area contributed by atoms with Crippen LogP contribution in [0, 0.1) is 5.41 Å². The van der Waals surface area contributed by atoms with Crippen LogP contribution in [0.15, 0.2) is 24.3 Å². The zero-order valence-corrected chi connectivity index (χ0v) is 14.1. The number of halogens is 1. The fourth-order valence-electron chi connectivity index (χ4n) is 2.66. The lowest BCUT2D eigenvalue weighted by Crippen LogP contribution is -2.49. The summed E-state index contributed by atoms with van der Waals surface area (Å²) in [5.41, 5.74) is 1.34. The maximum atomic E-state index is 6.08. The van der Waals surface area contributed by atoms with Gasteiger partial charge in [0.2, 0.25) is 0 Å². The molecule has 0 aliphatic carbocycles. The lowest BCUT2D eigenvalue weighted by Gasteiger charge is -2.36.